The summed E-state index contributed by atoms with van der Waals surface area (Å²) < 4.78 is 2.10. The van der Waals surface area contributed by atoms with Gasteiger partial charge in [0.15, 0.2) is 0 Å². The molecule has 1 aliphatic carbocycles. The second-order valence-corrected chi connectivity index (χ2v) is 9.90. The molecule has 5 rings (SSSR count). The molecular formula is C21H22Cl2N4OS. The lowest BCUT2D eigenvalue weighted by atomic mass is 10.1. The lowest BCUT2D eigenvalue weighted by Crippen LogP contribution is -2.31. The van der Waals surface area contributed by atoms with Crippen LogP contribution in [-0.2, 0) is 0 Å². The van der Waals surface area contributed by atoms with Crippen LogP contribution in [0.2, 0.25) is 10.0 Å². The van der Waals surface area contributed by atoms with Crippen LogP contribution in [0.4, 0.5) is 17.2 Å². The van der Waals surface area contributed by atoms with Crippen molar-refractivity contribution in [2.75, 3.05) is 33.4 Å². The highest BCUT2D eigenvalue weighted by atomic mass is 35.5. The van der Waals surface area contributed by atoms with Gasteiger partial charge in [-0.05, 0) is 67.8 Å². The number of rotatable bonds is 4. The van der Waals surface area contributed by atoms with E-state index in [0.717, 1.165) is 42.7 Å². The third kappa shape index (κ3) is 3.90. The number of aromatic nitrogens is 1. The minimum Gasteiger partial charge on any atom is -0.368 e. The summed E-state index contributed by atoms with van der Waals surface area (Å²) in [6.07, 6.45) is 6.49. The summed E-state index contributed by atoms with van der Waals surface area (Å²) in [7, 11) is 0. The van der Waals surface area contributed by atoms with E-state index in [1.165, 1.54) is 19.3 Å². The van der Waals surface area contributed by atoms with Crippen molar-refractivity contribution in [2.45, 2.75) is 31.7 Å². The van der Waals surface area contributed by atoms with Crippen molar-refractivity contribution in [1.82, 2.24) is 4.98 Å². The smallest absolute Gasteiger partial charge is 0.257 e. The van der Waals surface area contributed by atoms with Crippen molar-refractivity contribution >= 4 is 58.2 Å². The van der Waals surface area contributed by atoms with Crippen molar-refractivity contribution in [3.63, 3.8) is 0 Å². The number of benzene rings is 1. The first-order valence-electron chi connectivity index (χ1n) is 10.0. The minimum absolute atomic E-state index is 0.251. The second kappa shape index (κ2) is 7.89. The fourth-order valence-electron chi connectivity index (χ4n) is 4.62. The molecule has 3 aliphatic rings. The lowest BCUT2D eigenvalue weighted by Gasteiger charge is -2.29. The summed E-state index contributed by atoms with van der Waals surface area (Å²) in [6, 6.07) is 8.14. The molecule has 2 aliphatic heterocycles. The Labute approximate surface area is 184 Å². The molecule has 29 heavy (non-hydrogen) atoms. The van der Waals surface area contributed by atoms with Gasteiger partial charge in [0.2, 0.25) is 0 Å². The number of nitrogens with zero attached hydrogens (tertiary/aromatic N) is 3. The summed E-state index contributed by atoms with van der Waals surface area (Å²) >= 11 is 14.4. The van der Waals surface area contributed by atoms with Gasteiger partial charge >= 0.3 is 0 Å². The normalized spacial score (nSPS) is 23.1. The maximum atomic E-state index is 13.0. The van der Waals surface area contributed by atoms with E-state index in [4.69, 9.17) is 23.2 Å². The first-order chi connectivity index (χ1) is 14.1. The maximum absolute atomic E-state index is 13.0. The molecule has 1 aromatic carbocycles. The van der Waals surface area contributed by atoms with Crippen LogP contribution in [0.25, 0.3) is 0 Å². The predicted octanol–water partition coefficient (Wildman–Crippen LogP) is 5.49. The molecule has 3 fully saturated rings. The van der Waals surface area contributed by atoms with Gasteiger partial charge < -0.3 is 14.5 Å². The molecule has 3 heterocycles. The molecule has 152 valence electrons. The van der Waals surface area contributed by atoms with E-state index in [-0.39, 0.29) is 5.91 Å². The van der Waals surface area contributed by atoms with E-state index in [0.29, 0.717) is 27.3 Å². The average molecular weight is 449 g/mol. The number of hydrogen-bond acceptors (Lipinski definition) is 5. The fourth-order valence-corrected chi connectivity index (χ4v) is 6.01. The number of anilines is 3. The van der Waals surface area contributed by atoms with Crippen LogP contribution in [0, 0.1) is 5.92 Å². The maximum Gasteiger partial charge on any atom is 0.257 e. The highest BCUT2D eigenvalue weighted by Crippen LogP contribution is 2.41. The average Bonchev–Trinajstić information content (AvgIpc) is 3.46. The highest BCUT2D eigenvalue weighted by Gasteiger charge is 2.38. The van der Waals surface area contributed by atoms with Crippen LogP contribution >= 0.6 is 35.1 Å². The Kier molecular flexibility index (Phi) is 5.26. The van der Waals surface area contributed by atoms with E-state index in [1.54, 1.807) is 30.3 Å². The van der Waals surface area contributed by atoms with Crippen LogP contribution in [0.15, 0.2) is 30.5 Å². The Morgan fingerprint density at radius 1 is 1.21 bits per heavy atom. The second-order valence-electron chi connectivity index (χ2n) is 7.95. The Balaban J connectivity index is 1.37. The van der Waals surface area contributed by atoms with Gasteiger partial charge in [-0.25, -0.2) is 4.98 Å². The summed E-state index contributed by atoms with van der Waals surface area (Å²) in [4.78, 5) is 19.8. The molecule has 2 atom stereocenters. The van der Waals surface area contributed by atoms with Gasteiger partial charge in [0.1, 0.15) is 5.82 Å². The number of piperidine rings is 1. The number of amides is 1. The minimum atomic E-state index is -0.251. The molecular weight excluding hydrogens is 427 g/mol. The molecule has 0 spiro atoms. The number of hydrogen-bond donors (Lipinski definition) is 1. The molecule has 2 saturated heterocycles. The van der Waals surface area contributed by atoms with Gasteiger partial charge in [0, 0.05) is 47.5 Å². The Morgan fingerprint density at radius 3 is 2.83 bits per heavy atom. The van der Waals surface area contributed by atoms with Crippen molar-refractivity contribution in [1.29, 1.82) is 0 Å². The van der Waals surface area contributed by atoms with Gasteiger partial charge in [-0.15, -0.1) is 0 Å². The standard InChI is InChI=1S/C21H22Cl2N4OS/c22-14-7-15(9-17(8-14)26-12-13-2-3-16(26)6-13)25-21(28)18-10-20(24-11-19(18)23)27-4-1-5-29-27/h7-11,13,16H,1-6,12H2,(H,25,28). The molecule has 0 radical (unpaired) electrons. The van der Waals surface area contributed by atoms with Gasteiger partial charge in [-0.2, -0.15) is 0 Å². The van der Waals surface area contributed by atoms with Crippen LogP contribution in [0.1, 0.15) is 36.0 Å². The number of carbonyl (C=O) groups is 1. The molecule has 8 heteroatoms. The monoisotopic (exact) mass is 448 g/mol. The number of pyridine rings is 1. The van der Waals surface area contributed by atoms with E-state index in [1.807, 2.05) is 12.1 Å². The SMILES string of the molecule is O=C(Nc1cc(Cl)cc(N2CC3CCC2C3)c1)c1cc(N2CCCS2)ncc1Cl. The van der Waals surface area contributed by atoms with E-state index in [9.17, 15) is 4.79 Å². The van der Waals surface area contributed by atoms with E-state index in [2.05, 4.69) is 19.5 Å². The highest BCUT2D eigenvalue weighted by molar-refractivity contribution is 8.00. The molecule has 5 nitrogen and oxygen atoms in total. The van der Waals surface area contributed by atoms with Gasteiger partial charge in [-0.3, -0.25) is 4.79 Å². The Bertz CT molecular complexity index is 950. The van der Waals surface area contributed by atoms with Crippen molar-refractivity contribution in [3.8, 4) is 0 Å². The molecule has 1 amide bonds. The summed E-state index contributed by atoms with van der Waals surface area (Å²) in [5.74, 6) is 2.37. The molecule has 2 bridgehead atoms. The van der Waals surface area contributed by atoms with Gasteiger partial charge in [0.05, 0.1) is 10.6 Å². The number of fused-ring (bicyclic) bond motifs is 2. The zero-order valence-electron chi connectivity index (χ0n) is 15.9. The predicted molar refractivity (Wildman–Crippen MR) is 122 cm³/mol. The molecule has 1 N–H and O–H groups in total. The summed E-state index contributed by atoms with van der Waals surface area (Å²) in [6.45, 7) is 2.00. The van der Waals surface area contributed by atoms with Crippen LogP contribution in [-0.4, -0.2) is 35.8 Å². The fraction of sp³-hybridized carbons (Fsp3) is 0.429. The van der Waals surface area contributed by atoms with E-state index >= 15 is 0 Å². The van der Waals surface area contributed by atoms with Gasteiger partial charge in [-0.1, -0.05) is 23.2 Å². The van der Waals surface area contributed by atoms with E-state index < -0.39 is 0 Å². The van der Waals surface area contributed by atoms with Crippen molar-refractivity contribution in [3.05, 3.63) is 46.1 Å². The largest absolute Gasteiger partial charge is 0.368 e. The molecule has 1 aromatic heterocycles. The van der Waals surface area contributed by atoms with Crippen LogP contribution < -0.4 is 14.5 Å². The zero-order chi connectivity index (χ0) is 20.0. The molecule has 2 unspecified atom stereocenters. The number of carbonyl (C=O) groups excluding carboxylic acids is 1. The quantitative estimate of drug-likeness (QED) is 0.626. The Hall–Kier alpha value is -1.63. The van der Waals surface area contributed by atoms with Crippen LogP contribution in [0.5, 0.6) is 0 Å². The lowest BCUT2D eigenvalue weighted by molar-refractivity contribution is 0.102. The molecule has 1 saturated carbocycles. The summed E-state index contributed by atoms with van der Waals surface area (Å²) in [5, 5.41) is 3.94. The Morgan fingerprint density at radius 2 is 2.10 bits per heavy atom. The number of nitrogens with one attached hydrogen (secondary N) is 1. The number of halogens is 2. The molecule has 2 aromatic rings. The van der Waals surface area contributed by atoms with Gasteiger partial charge in [0.25, 0.3) is 5.91 Å². The third-order valence-electron chi connectivity index (χ3n) is 5.97. The van der Waals surface area contributed by atoms with Crippen molar-refractivity contribution < 1.29 is 4.79 Å². The van der Waals surface area contributed by atoms with Crippen molar-refractivity contribution in [2.24, 2.45) is 5.92 Å². The first kappa shape index (κ1) is 19.3. The third-order valence-corrected chi connectivity index (χ3v) is 7.65. The topological polar surface area (TPSA) is 48.5 Å². The van der Waals surface area contributed by atoms with Crippen LogP contribution in [0.3, 0.4) is 0 Å². The zero-order valence-corrected chi connectivity index (χ0v) is 18.2. The summed E-state index contributed by atoms with van der Waals surface area (Å²) in [5.41, 5.74) is 2.19. The first-order valence-corrected chi connectivity index (χ1v) is 11.7.